The van der Waals surface area contributed by atoms with Crippen LogP contribution in [0.3, 0.4) is 0 Å². The molecule has 0 aliphatic rings. The lowest BCUT2D eigenvalue weighted by Gasteiger charge is -2.33. The van der Waals surface area contributed by atoms with Crippen LogP contribution in [0.15, 0.2) is 24.3 Å². The summed E-state index contributed by atoms with van der Waals surface area (Å²) < 4.78 is 0. The Labute approximate surface area is 109 Å². The Kier molecular flexibility index (Phi) is 4.99. The van der Waals surface area contributed by atoms with E-state index >= 15 is 0 Å². The first kappa shape index (κ1) is 14.5. The van der Waals surface area contributed by atoms with Gasteiger partial charge in [0, 0.05) is 11.6 Å². The summed E-state index contributed by atoms with van der Waals surface area (Å²) in [6.45, 7) is 4.65. The second-order valence-electron chi connectivity index (χ2n) is 5.33. The minimum absolute atomic E-state index is 0.200. The number of hydrogen-bond acceptors (Lipinski definition) is 2. The fourth-order valence-electron chi connectivity index (χ4n) is 1.99. The summed E-state index contributed by atoms with van der Waals surface area (Å²) in [7, 11) is 3.95. The van der Waals surface area contributed by atoms with Crippen LogP contribution in [0.1, 0.15) is 19.4 Å². The van der Waals surface area contributed by atoms with Gasteiger partial charge in [-0.25, -0.2) is 0 Å². The average Bonchev–Trinajstić information content (AvgIpc) is 2.19. The van der Waals surface area contributed by atoms with Gasteiger partial charge in [0.2, 0.25) is 0 Å². The molecule has 0 aromatic heterocycles. The fraction of sp³-hybridized carbons (Fsp3) is 0.571. The molecule has 2 unspecified atom stereocenters. The van der Waals surface area contributed by atoms with Crippen LogP contribution >= 0.6 is 11.6 Å². The summed E-state index contributed by atoms with van der Waals surface area (Å²) in [6.07, 6.45) is 0.859. The molecule has 2 atom stereocenters. The van der Waals surface area contributed by atoms with Crippen molar-refractivity contribution in [2.75, 3.05) is 20.6 Å². The third-order valence-corrected chi connectivity index (χ3v) is 3.41. The van der Waals surface area contributed by atoms with Gasteiger partial charge in [0.15, 0.2) is 0 Å². The van der Waals surface area contributed by atoms with E-state index in [1.807, 2.05) is 50.2 Å². The summed E-state index contributed by atoms with van der Waals surface area (Å²) >= 11 is 5.85. The zero-order chi connectivity index (χ0) is 13.1. The van der Waals surface area contributed by atoms with Crippen LogP contribution < -0.4 is 0 Å². The number of halogens is 1. The molecule has 1 aromatic rings. The normalized spacial score (nSPS) is 16.9. The highest BCUT2D eigenvalue weighted by Gasteiger charge is 2.28. The van der Waals surface area contributed by atoms with Gasteiger partial charge in [-0.2, -0.15) is 0 Å². The second kappa shape index (κ2) is 5.85. The van der Waals surface area contributed by atoms with Crippen molar-refractivity contribution in [3.05, 3.63) is 34.9 Å². The molecule has 0 saturated heterocycles. The van der Waals surface area contributed by atoms with Gasteiger partial charge in [-0.1, -0.05) is 30.7 Å². The van der Waals surface area contributed by atoms with E-state index in [4.69, 9.17) is 11.6 Å². The molecule has 1 aromatic carbocycles. The third-order valence-electron chi connectivity index (χ3n) is 3.15. The lowest BCUT2D eigenvalue weighted by Crippen LogP contribution is -2.43. The fourth-order valence-corrected chi connectivity index (χ4v) is 2.12. The van der Waals surface area contributed by atoms with E-state index in [9.17, 15) is 5.11 Å². The lowest BCUT2D eigenvalue weighted by atomic mass is 9.85. The van der Waals surface area contributed by atoms with Gasteiger partial charge in [-0.15, -0.1) is 0 Å². The third kappa shape index (κ3) is 4.66. The van der Waals surface area contributed by atoms with Crippen LogP contribution in [0.2, 0.25) is 5.02 Å². The van der Waals surface area contributed by atoms with E-state index < -0.39 is 5.60 Å². The summed E-state index contributed by atoms with van der Waals surface area (Å²) in [5.74, 6) is 0.200. The van der Waals surface area contributed by atoms with Crippen molar-refractivity contribution in [1.82, 2.24) is 4.90 Å². The van der Waals surface area contributed by atoms with Crippen LogP contribution in [-0.4, -0.2) is 36.2 Å². The molecule has 1 rings (SSSR count). The van der Waals surface area contributed by atoms with Crippen LogP contribution in [0.4, 0.5) is 0 Å². The first-order valence-electron chi connectivity index (χ1n) is 5.93. The van der Waals surface area contributed by atoms with Gasteiger partial charge in [-0.05, 0) is 51.1 Å². The van der Waals surface area contributed by atoms with E-state index in [0.717, 1.165) is 11.4 Å². The maximum Gasteiger partial charge on any atom is 0.0774 e. The Morgan fingerprint density at radius 2 is 1.82 bits per heavy atom. The predicted octanol–water partition coefficient (Wildman–Crippen LogP) is 2.83. The number of nitrogens with zero attached hydrogens (tertiary/aromatic N) is 1. The Balaban J connectivity index is 2.64. The van der Waals surface area contributed by atoms with Crippen molar-refractivity contribution < 1.29 is 5.11 Å². The molecule has 0 fully saturated rings. The molecule has 1 N–H and O–H groups in total. The van der Waals surface area contributed by atoms with Crippen LogP contribution in [-0.2, 0) is 6.42 Å². The van der Waals surface area contributed by atoms with Crippen molar-refractivity contribution in [3.8, 4) is 0 Å². The Hall–Kier alpha value is -0.570. The zero-order valence-corrected chi connectivity index (χ0v) is 11.8. The maximum atomic E-state index is 10.4. The van der Waals surface area contributed by atoms with E-state index in [1.165, 1.54) is 5.56 Å². The van der Waals surface area contributed by atoms with E-state index in [0.29, 0.717) is 6.54 Å². The van der Waals surface area contributed by atoms with Crippen molar-refractivity contribution in [2.24, 2.45) is 5.92 Å². The van der Waals surface area contributed by atoms with Crippen molar-refractivity contribution in [1.29, 1.82) is 0 Å². The summed E-state index contributed by atoms with van der Waals surface area (Å²) in [5.41, 5.74) is 0.532. The van der Waals surface area contributed by atoms with Crippen LogP contribution in [0.25, 0.3) is 0 Å². The summed E-state index contributed by atoms with van der Waals surface area (Å²) in [4.78, 5) is 2.01. The van der Waals surface area contributed by atoms with Gasteiger partial charge in [0.1, 0.15) is 0 Å². The highest BCUT2D eigenvalue weighted by Crippen LogP contribution is 2.22. The summed E-state index contributed by atoms with van der Waals surface area (Å²) in [5, 5.41) is 11.2. The first-order valence-corrected chi connectivity index (χ1v) is 6.30. The van der Waals surface area contributed by atoms with Gasteiger partial charge >= 0.3 is 0 Å². The minimum atomic E-state index is -0.677. The summed E-state index contributed by atoms with van der Waals surface area (Å²) in [6, 6.07) is 7.82. The van der Waals surface area contributed by atoms with E-state index in [1.54, 1.807) is 0 Å². The molecule has 0 amide bonds. The average molecular weight is 256 g/mol. The SMILES string of the molecule is CC(Cc1ccc(Cl)cc1)C(C)(O)CN(C)C. The van der Waals surface area contributed by atoms with Gasteiger partial charge in [-0.3, -0.25) is 0 Å². The number of likely N-dealkylation sites (N-methyl/N-ethyl adjacent to an activating group) is 1. The maximum absolute atomic E-state index is 10.4. The van der Waals surface area contributed by atoms with E-state index in [2.05, 4.69) is 6.92 Å². The molecule has 2 nitrogen and oxygen atoms in total. The quantitative estimate of drug-likeness (QED) is 0.875. The molecule has 0 saturated carbocycles. The van der Waals surface area contributed by atoms with Gasteiger partial charge in [0.05, 0.1) is 5.60 Å². The highest BCUT2D eigenvalue weighted by molar-refractivity contribution is 6.30. The monoisotopic (exact) mass is 255 g/mol. The Bertz CT molecular complexity index is 346. The van der Waals surface area contributed by atoms with Gasteiger partial charge < -0.3 is 10.0 Å². The number of benzene rings is 1. The highest BCUT2D eigenvalue weighted by atomic mass is 35.5. The molecule has 0 aliphatic heterocycles. The minimum Gasteiger partial charge on any atom is -0.389 e. The molecular formula is C14H22ClNO. The Morgan fingerprint density at radius 1 is 1.29 bits per heavy atom. The zero-order valence-electron chi connectivity index (χ0n) is 11.1. The van der Waals surface area contributed by atoms with Crippen molar-refractivity contribution in [3.63, 3.8) is 0 Å². The molecular weight excluding hydrogens is 234 g/mol. The molecule has 3 heteroatoms. The molecule has 17 heavy (non-hydrogen) atoms. The molecule has 96 valence electrons. The van der Waals surface area contributed by atoms with Gasteiger partial charge in [0.25, 0.3) is 0 Å². The lowest BCUT2D eigenvalue weighted by molar-refractivity contribution is -0.0143. The Morgan fingerprint density at radius 3 is 2.29 bits per heavy atom. The van der Waals surface area contributed by atoms with Crippen molar-refractivity contribution in [2.45, 2.75) is 25.9 Å². The number of aliphatic hydroxyl groups is 1. The number of hydrogen-bond donors (Lipinski definition) is 1. The molecule has 0 bridgehead atoms. The van der Waals surface area contributed by atoms with E-state index in [-0.39, 0.29) is 5.92 Å². The predicted molar refractivity (Wildman–Crippen MR) is 73.5 cm³/mol. The molecule has 0 radical (unpaired) electrons. The largest absolute Gasteiger partial charge is 0.389 e. The smallest absolute Gasteiger partial charge is 0.0774 e. The second-order valence-corrected chi connectivity index (χ2v) is 5.76. The molecule has 0 aliphatic carbocycles. The first-order chi connectivity index (χ1) is 7.81. The molecule has 0 spiro atoms. The standard InChI is InChI=1S/C14H22ClNO/c1-11(14(2,17)10-16(3)4)9-12-5-7-13(15)8-6-12/h5-8,11,17H,9-10H2,1-4H3. The number of rotatable bonds is 5. The molecule has 0 heterocycles. The van der Waals surface area contributed by atoms with Crippen molar-refractivity contribution >= 4 is 11.6 Å². The topological polar surface area (TPSA) is 23.5 Å². The van der Waals surface area contributed by atoms with Crippen LogP contribution in [0.5, 0.6) is 0 Å². The van der Waals surface area contributed by atoms with Crippen LogP contribution in [0, 0.1) is 5.92 Å².